The van der Waals surface area contributed by atoms with Crippen LogP contribution in [0.3, 0.4) is 0 Å². The number of benzene rings is 1. The van der Waals surface area contributed by atoms with Crippen molar-refractivity contribution in [2.45, 2.75) is 13.8 Å². The third-order valence-corrected chi connectivity index (χ3v) is 3.09. The van der Waals surface area contributed by atoms with E-state index < -0.39 is 0 Å². The highest BCUT2D eigenvalue weighted by Crippen LogP contribution is 2.15. The molecule has 0 aliphatic carbocycles. The highest BCUT2D eigenvalue weighted by atomic mass is 35.5. The van der Waals surface area contributed by atoms with Crippen molar-refractivity contribution in [2.75, 3.05) is 33.8 Å². The van der Waals surface area contributed by atoms with Crippen molar-refractivity contribution in [2.24, 2.45) is 5.92 Å². The van der Waals surface area contributed by atoms with Gasteiger partial charge in [0.1, 0.15) is 12.4 Å². The zero-order chi connectivity index (χ0) is 14.3. The molecule has 0 spiro atoms. The summed E-state index contributed by atoms with van der Waals surface area (Å²) in [7, 11) is 3.67. The molecule has 114 valence electrons. The van der Waals surface area contributed by atoms with Crippen LogP contribution in [0.25, 0.3) is 0 Å². The second-order valence-corrected chi connectivity index (χ2v) is 4.83. The number of aryl methyl sites for hydroxylation is 1. The minimum atomic E-state index is -0.00605. The van der Waals surface area contributed by atoms with Crippen LogP contribution in [0.2, 0.25) is 0 Å². The van der Waals surface area contributed by atoms with E-state index in [1.165, 1.54) is 0 Å². The van der Waals surface area contributed by atoms with Crippen LogP contribution in [-0.2, 0) is 4.79 Å². The molecule has 1 aromatic rings. The predicted molar refractivity (Wildman–Crippen MR) is 84.6 cm³/mol. The molecule has 1 rings (SSSR count). The van der Waals surface area contributed by atoms with Crippen LogP contribution < -0.4 is 10.1 Å². The molecule has 0 fully saturated rings. The first-order chi connectivity index (χ1) is 9.06. The van der Waals surface area contributed by atoms with Gasteiger partial charge in [-0.2, -0.15) is 0 Å². The third kappa shape index (κ3) is 5.80. The van der Waals surface area contributed by atoms with Crippen molar-refractivity contribution in [3.63, 3.8) is 0 Å². The van der Waals surface area contributed by atoms with Crippen LogP contribution in [0.1, 0.15) is 12.5 Å². The van der Waals surface area contributed by atoms with Crippen molar-refractivity contribution in [1.82, 2.24) is 10.2 Å². The summed E-state index contributed by atoms with van der Waals surface area (Å²) in [5.41, 5.74) is 1.11. The number of nitrogens with one attached hydrogen (secondary N) is 1. The Balaban J connectivity index is 0.00000361. The number of nitrogens with zero attached hydrogens (tertiary/aromatic N) is 1. The number of carbonyl (C=O) groups is 1. The standard InChI is InChI=1S/C15H24N2O2.ClH/c1-12-7-5-6-8-14(12)19-10-9-17(4)15(18)13(2)11-16-3;/h5-8,13,16H,9-11H2,1-4H3;1H. The van der Waals surface area contributed by atoms with E-state index in [-0.39, 0.29) is 24.2 Å². The molecule has 4 nitrogen and oxygen atoms in total. The van der Waals surface area contributed by atoms with Crippen LogP contribution in [0.4, 0.5) is 0 Å². The average molecular weight is 301 g/mol. The van der Waals surface area contributed by atoms with E-state index in [0.717, 1.165) is 11.3 Å². The van der Waals surface area contributed by atoms with E-state index in [0.29, 0.717) is 19.7 Å². The molecule has 0 aliphatic heterocycles. The van der Waals surface area contributed by atoms with E-state index in [4.69, 9.17) is 4.74 Å². The zero-order valence-corrected chi connectivity index (χ0v) is 13.5. The Hall–Kier alpha value is -1.26. The molecule has 20 heavy (non-hydrogen) atoms. The predicted octanol–water partition coefficient (Wildman–Crippen LogP) is 2.11. The number of para-hydroxylation sites is 1. The normalized spacial score (nSPS) is 11.4. The molecule has 1 aromatic carbocycles. The first-order valence-corrected chi connectivity index (χ1v) is 6.64. The summed E-state index contributed by atoms with van der Waals surface area (Å²) >= 11 is 0. The molecule has 0 radical (unpaired) electrons. The lowest BCUT2D eigenvalue weighted by Gasteiger charge is -2.21. The monoisotopic (exact) mass is 300 g/mol. The van der Waals surface area contributed by atoms with Gasteiger partial charge in [0.15, 0.2) is 0 Å². The molecule has 1 atom stereocenters. The van der Waals surface area contributed by atoms with Gasteiger partial charge in [-0.3, -0.25) is 4.79 Å². The summed E-state index contributed by atoms with van der Waals surface area (Å²) in [6, 6.07) is 7.89. The maximum Gasteiger partial charge on any atom is 0.226 e. The Morgan fingerprint density at radius 3 is 2.65 bits per heavy atom. The molecule has 5 heteroatoms. The quantitative estimate of drug-likeness (QED) is 0.838. The SMILES string of the molecule is CNCC(C)C(=O)N(C)CCOc1ccccc1C.Cl. The summed E-state index contributed by atoms with van der Waals surface area (Å²) < 4.78 is 5.69. The molecule has 0 bridgehead atoms. The molecule has 1 unspecified atom stereocenters. The molecule has 1 amide bonds. The van der Waals surface area contributed by atoms with Crippen molar-refractivity contribution in [1.29, 1.82) is 0 Å². The van der Waals surface area contributed by atoms with Crippen molar-refractivity contribution < 1.29 is 9.53 Å². The van der Waals surface area contributed by atoms with Crippen molar-refractivity contribution >= 4 is 18.3 Å². The summed E-state index contributed by atoms with van der Waals surface area (Å²) in [5, 5.41) is 3.01. The minimum Gasteiger partial charge on any atom is -0.491 e. The Morgan fingerprint density at radius 1 is 1.40 bits per heavy atom. The third-order valence-electron chi connectivity index (χ3n) is 3.09. The minimum absolute atomic E-state index is 0. The molecule has 0 heterocycles. The Kier molecular flexibility index (Phi) is 9.01. The van der Waals surface area contributed by atoms with Gasteiger partial charge in [-0.25, -0.2) is 0 Å². The van der Waals surface area contributed by atoms with E-state index >= 15 is 0 Å². The van der Waals surface area contributed by atoms with Gasteiger partial charge in [0, 0.05) is 19.5 Å². The van der Waals surface area contributed by atoms with Gasteiger partial charge in [0.25, 0.3) is 0 Å². The van der Waals surface area contributed by atoms with Gasteiger partial charge in [0.2, 0.25) is 5.91 Å². The van der Waals surface area contributed by atoms with E-state index in [1.807, 2.05) is 52.2 Å². The van der Waals surface area contributed by atoms with Gasteiger partial charge in [-0.15, -0.1) is 12.4 Å². The van der Waals surface area contributed by atoms with E-state index in [2.05, 4.69) is 5.32 Å². The first kappa shape index (κ1) is 18.7. The van der Waals surface area contributed by atoms with Crippen LogP contribution in [0.5, 0.6) is 5.75 Å². The Bertz CT molecular complexity index is 413. The smallest absolute Gasteiger partial charge is 0.226 e. The van der Waals surface area contributed by atoms with Crippen LogP contribution in [0.15, 0.2) is 24.3 Å². The summed E-state index contributed by atoms with van der Waals surface area (Å²) in [6.45, 7) is 5.75. The number of rotatable bonds is 7. The van der Waals surface area contributed by atoms with E-state index in [9.17, 15) is 4.79 Å². The largest absolute Gasteiger partial charge is 0.491 e. The van der Waals surface area contributed by atoms with Gasteiger partial charge in [-0.05, 0) is 25.6 Å². The number of hydrogen-bond donors (Lipinski definition) is 1. The second kappa shape index (κ2) is 9.61. The molecule has 0 aromatic heterocycles. The number of ether oxygens (including phenoxy) is 1. The lowest BCUT2D eigenvalue weighted by Crippen LogP contribution is -2.38. The summed E-state index contributed by atoms with van der Waals surface area (Å²) in [6.07, 6.45) is 0. The average Bonchev–Trinajstić information content (AvgIpc) is 2.40. The van der Waals surface area contributed by atoms with E-state index in [1.54, 1.807) is 4.90 Å². The molecule has 0 saturated heterocycles. The van der Waals surface area contributed by atoms with Crippen LogP contribution in [-0.4, -0.2) is 44.6 Å². The van der Waals surface area contributed by atoms with Gasteiger partial charge >= 0.3 is 0 Å². The topological polar surface area (TPSA) is 41.6 Å². The van der Waals surface area contributed by atoms with Crippen LogP contribution in [0, 0.1) is 12.8 Å². The van der Waals surface area contributed by atoms with Gasteiger partial charge in [-0.1, -0.05) is 25.1 Å². The van der Waals surface area contributed by atoms with Gasteiger partial charge in [0.05, 0.1) is 6.54 Å². The fraction of sp³-hybridized carbons (Fsp3) is 0.533. The fourth-order valence-electron chi connectivity index (χ4n) is 1.89. The maximum absolute atomic E-state index is 12.0. The van der Waals surface area contributed by atoms with Crippen molar-refractivity contribution in [3.05, 3.63) is 29.8 Å². The summed E-state index contributed by atoms with van der Waals surface area (Å²) in [5.74, 6) is 1.02. The lowest BCUT2D eigenvalue weighted by molar-refractivity contribution is -0.133. The highest BCUT2D eigenvalue weighted by molar-refractivity contribution is 5.85. The Labute approximate surface area is 127 Å². The molecule has 1 N–H and O–H groups in total. The Morgan fingerprint density at radius 2 is 2.05 bits per heavy atom. The molecular formula is C15H25ClN2O2. The molecular weight excluding hydrogens is 276 g/mol. The van der Waals surface area contributed by atoms with Crippen LogP contribution >= 0.6 is 12.4 Å². The number of likely N-dealkylation sites (N-methyl/N-ethyl adjacent to an activating group) is 1. The van der Waals surface area contributed by atoms with Crippen molar-refractivity contribution in [3.8, 4) is 5.75 Å². The first-order valence-electron chi connectivity index (χ1n) is 6.64. The lowest BCUT2D eigenvalue weighted by atomic mass is 10.1. The molecule has 0 saturated carbocycles. The number of carbonyl (C=O) groups excluding carboxylic acids is 1. The fourth-order valence-corrected chi connectivity index (χ4v) is 1.89. The molecule has 0 aliphatic rings. The zero-order valence-electron chi connectivity index (χ0n) is 12.7. The number of halogens is 1. The highest BCUT2D eigenvalue weighted by Gasteiger charge is 2.16. The number of amides is 1. The van der Waals surface area contributed by atoms with Gasteiger partial charge < -0.3 is 15.0 Å². The second-order valence-electron chi connectivity index (χ2n) is 4.83. The number of hydrogen-bond acceptors (Lipinski definition) is 3. The maximum atomic E-state index is 12.0. The summed E-state index contributed by atoms with van der Waals surface area (Å²) in [4.78, 5) is 13.7.